The Morgan fingerprint density at radius 2 is 2.23 bits per heavy atom. The number of likely N-dealkylation sites (tertiary alicyclic amines) is 1. The van der Waals surface area contributed by atoms with Gasteiger partial charge in [0.1, 0.15) is 0 Å². The van der Waals surface area contributed by atoms with Crippen LogP contribution in [-0.4, -0.2) is 41.8 Å². The van der Waals surface area contributed by atoms with E-state index in [9.17, 15) is 5.11 Å². The summed E-state index contributed by atoms with van der Waals surface area (Å²) in [6.07, 6.45) is 2.04. The van der Waals surface area contributed by atoms with Crippen LogP contribution in [-0.2, 0) is 0 Å². The fraction of sp³-hybridized carbons (Fsp3) is 1.00. The van der Waals surface area contributed by atoms with Gasteiger partial charge in [0.05, 0.1) is 12.1 Å². The molecule has 1 saturated heterocycles. The van der Waals surface area contributed by atoms with Crippen LogP contribution in [0.15, 0.2) is 0 Å². The van der Waals surface area contributed by atoms with Gasteiger partial charge in [0, 0.05) is 6.04 Å². The van der Waals surface area contributed by atoms with E-state index in [2.05, 4.69) is 25.8 Å². The Morgan fingerprint density at radius 3 is 2.62 bits per heavy atom. The van der Waals surface area contributed by atoms with Gasteiger partial charge < -0.3 is 15.7 Å². The van der Waals surface area contributed by atoms with Crippen LogP contribution >= 0.6 is 0 Å². The molecular weight excluding hydrogens is 164 g/mol. The molecule has 0 aromatic heterocycles. The van der Waals surface area contributed by atoms with Gasteiger partial charge in [0.15, 0.2) is 0 Å². The molecule has 0 amide bonds. The molecule has 0 aromatic rings. The molecule has 0 bridgehead atoms. The second-order valence-corrected chi connectivity index (χ2v) is 4.66. The maximum atomic E-state index is 9.34. The molecule has 1 heterocycles. The normalized spacial score (nSPS) is 36.9. The van der Waals surface area contributed by atoms with Gasteiger partial charge in [-0.2, -0.15) is 0 Å². The summed E-state index contributed by atoms with van der Waals surface area (Å²) in [4.78, 5) is 2.28. The zero-order valence-corrected chi connectivity index (χ0v) is 8.95. The van der Waals surface area contributed by atoms with Crippen molar-refractivity contribution in [3.63, 3.8) is 0 Å². The summed E-state index contributed by atoms with van der Waals surface area (Å²) in [7, 11) is 2.10. The minimum Gasteiger partial charge on any atom is -0.394 e. The number of hydrogen-bond acceptors (Lipinski definition) is 3. The molecule has 3 N–H and O–H groups in total. The van der Waals surface area contributed by atoms with E-state index in [0.717, 1.165) is 19.4 Å². The van der Waals surface area contributed by atoms with Gasteiger partial charge in [-0.1, -0.05) is 13.8 Å². The van der Waals surface area contributed by atoms with Gasteiger partial charge in [-0.05, 0) is 32.4 Å². The van der Waals surface area contributed by atoms with Gasteiger partial charge >= 0.3 is 0 Å². The maximum Gasteiger partial charge on any atom is 0.0626 e. The van der Waals surface area contributed by atoms with Crippen molar-refractivity contribution in [2.75, 3.05) is 20.2 Å². The highest BCUT2D eigenvalue weighted by Crippen LogP contribution is 2.29. The summed E-state index contributed by atoms with van der Waals surface area (Å²) in [6, 6.07) is 0.311. The third-order valence-corrected chi connectivity index (χ3v) is 3.14. The first-order valence-corrected chi connectivity index (χ1v) is 5.11. The van der Waals surface area contributed by atoms with Gasteiger partial charge in [-0.25, -0.2) is 0 Å². The Bertz CT molecular complexity index is 172. The minimum atomic E-state index is -0.388. The molecule has 1 rings (SSSR count). The van der Waals surface area contributed by atoms with E-state index < -0.39 is 0 Å². The number of rotatable bonds is 2. The van der Waals surface area contributed by atoms with Crippen molar-refractivity contribution in [1.82, 2.24) is 4.90 Å². The summed E-state index contributed by atoms with van der Waals surface area (Å²) in [6.45, 7) is 5.54. The summed E-state index contributed by atoms with van der Waals surface area (Å²) in [5.74, 6) is 0.502. The number of aliphatic hydroxyl groups is 1. The monoisotopic (exact) mass is 186 g/mol. The average Bonchev–Trinajstić information content (AvgIpc) is 2.03. The van der Waals surface area contributed by atoms with E-state index in [1.54, 1.807) is 0 Å². The quantitative estimate of drug-likeness (QED) is 0.657. The lowest BCUT2D eigenvalue weighted by Crippen LogP contribution is -2.64. The topological polar surface area (TPSA) is 49.5 Å². The summed E-state index contributed by atoms with van der Waals surface area (Å²) in [5.41, 5.74) is 5.81. The molecule has 3 nitrogen and oxygen atoms in total. The molecule has 0 aromatic carbocycles. The third kappa shape index (κ3) is 2.03. The number of likely N-dealkylation sites (N-methyl/N-ethyl adjacent to an activating group) is 1. The second kappa shape index (κ2) is 3.95. The second-order valence-electron chi connectivity index (χ2n) is 4.66. The zero-order chi connectivity index (χ0) is 10.1. The molecule has 0 saturated carbocycles. The summed E-state index contributed by atoms with van der Waals surface area (Å²) < 4.78 is 0. The molecule has 3 heteroatoms. The van der Waals surface area contributed by atoms with Crippen LogP contribution in [0.25, 0.3) is 0 Å². The fourth-order valence-corrected chi connectivity index (χ4v) is 2.73. The van der Waals surface area contributed by atoms with Gasteiger partial charge in [-0.3, -0.25) is 0 Å². The largest absolute Gasteiger partial charge is 0.394 e. The molecule has 1 fully saturated rings. The molecule has 1 aliphatic rings. The number of nitrogens with zero attached hydrogens (tertiary/aromatic N) is 1. The van der Waals surface area contributed by atoms with Crippen LogP contribution in [0.5, 0.6) is 0 Å². The number of piperidine rings is 1. The molecule has 2 unspecified atom stereocenters. The van der Waals surface area contributed by atoms with Crippen molar-refractivity contribution in [2.45, 2.75) is 38.3 Å². The first-order valence-electron chi connectivity index (χ1n) is 5.11. The predicted octanol–water partition coefficient (Wildman–Crippen LogP) is 0.426. The molecule has 0 radical (unpaired) electrons. The van der Waals surface area contributed by atoms with Crippen molar-refractivity contribution in [2.24, 2.45) is 11.7 Å². The summed E-state index contributed by atoms with van der Waals surface area (Å²) >= 11 is 0. The van der Waals surface area contributed by atoms with Gasteiger partial charge in [0.2, 0.25) is 0 Å². The average molecular weight is 186 g/mol. The van der Waals surface area contributed by atoms with Crippen LogP contribution in [0.1, 0.15) is 26.7 Å². The smallest absolute Gasteiger partial charge is 0.0626 e. The Kier molecular flexibility index (Phi) is 3.33. The lowest BCUT2D eigenvalue weighted by molar-refractivity contribution is 0.0239. The third-order valence-electron chi connectivity index (χ3n) is 3.14. The predicted molar refractivity (Wildman–Crippen MR) is 54.5 cm³/mol. The highest BCUT2D eigenvalue weighted by atomic mass is 16.3. The molecule has 2 atom stereocenters. The Labute approximate surface area is 80.9 Å². The van der Waals surface area contributed by atoms with Crippen molar-refractivity contribution in [3.05, 3.63) is 0 Å². The molecule has 1 aliphatic heterocycles. The fourth-order valence-electron chi connectivity index (χ4n) is 2.73. The Morgan fingerprint density at radius 1 is 1.62 bits per heavy atom. The van der Waals surface area contributed by atoms with E-state index in [4.69, 9.17) is 5.73 Å². The number of hydrogen-bond donors (Lipinski definition) is 2. The molecule has 78 valence electrons. The first-order chi connectivity index (χ1) is 6.01. The number of aliphatic hydroxyl groups excluding tert-OH is 1. The van der Waals surface area contributed by atoms with E-state index in [0.29, 0.717) is 12.0 Å². The van der Waals surface area contributed by atoms with Crippen LogP contribution in [0.3, 0.4) is 0 Å². The van der Waals surface area contributed by atoms with Crippen LogP contribution in [0.2, 0.25) is 0 Å². The van der Waals surface area contributed by atoms with Crippen molar-refractivity contribution in [3.8, 4) is 0 Å². The van der Waals surface area contributed by atoms with E-state index in [-0.39, 0.29) is 12.1 Å². The lowest BCUT2D eigenvalue weighted by atomic mass is 9.77. The summed E-state index contributed by atoms with van der Waals surface area (Å²) in [5, 5.41) is 9.34. The number of nitrogens with two attached hydrogens (primary N) is 1. The van der Waals surface area contributed by atoms with Crippen LogP contribution in [0.4, 0.5) is 0 Å². The van der Waals surface area contributed by atoms with Crippen molar-refractivity contribution in [1.29, 1.82) is 0 Å². The molecular formula is C10H22N2O. The van der Waals surface area contributed by atoms with Crippen molar-refractivity contribution >= 4 is 0 Å². The van der Waals surface area contributed by atoms with Crippen molar-refractivity contribution < 1.29 is 5.11 Å². The first kappa shape index (κ1) is 11.0. The Hall–Kier alpha value is -0.120. The maximum absolute atomic E-state index is 9.34. The van der Waals surface area contributed by atoms with Gasteiger partial charge in [0.25, 0.3) is 0 Å². The molecule has 0 spiro atoms. The lowest BCUT2D eigenvalue weighted by Gasteiger charge is -2.47. The van der Waals surface area contributed by atoms with E-state index in [1.165, 1.54) is 0 Å². The SMILES string of the molecule is CC(C)C1N(C)CCCC1(N)CO. The highest BCUT2D eigenvalue weighted by molar-refractivity contribution is 5.00. The Balaban J connectivity index is 2.80. The van der Waals surface area contributed by atoms with Gasteiger partial charge in [-0.15, -0.1) is 0 Å². The van der Waals surface area contributed by atoms with E-state index in [1.807, 2.05) is 0 Å². The molecule has 0 aliphatic carbocycles. The standard InChI is InChI=1S/C10H22N2O/c1-8(2)9-10(11,7-13)5-4-6-12(9)3/h8-9,13H,4-7,11H2,1-3H3. The van der Waals surface area contributed by atoms with Crippen LogP contribution in [0, 0.1) is 5.92 Å². The minimum absolute atomic E-state index is 0.0974. The zero-order valence-electron chi connectivity index (χ0n) is 8.95. The highest BCUT2D eigenvalue weighted by Gasteiger charge is 2.41. The molecule has 13 heavy (non-hydrogen) atoms. The van der Waals surface area contributed by atoms with Crippen LogP contribution < -0.4 is 5.73 Å². The van der Waals surface area contributed by atoms with E-state index >= 15 is 0 Å².